The number of phenols is 4. The zero-order valence-electron chi connectivity index (χ0n) is 18.9. The number of benzene rings is 3. The van der Waals surface area contributed by atoms with E-state index in [9.17, 15) is 30.0 Å². The fraction of sp³-hybridized carbons (Fsp3) is 0.0714. The van der Waals surface area contributed by atoms with Gasteiger partial charge in [0.1, 0.15) is 28.8 Å². The molecule has 0 heterocycles. The van der Waals surface area contributed by atoms with Crippen LogP contribution < -0.4 is 0 Å². The van der Waals surface area contributed by atoms with E-state index in [1.165, 1.54) is 60.7 Å². The Morgan fingerprint density at radius 1 is 0.771 bits per heavy atom. The highest BCUT2D eigenvalue weighted by Gasteiger charge is 2.16. The van der Waals surface area contributed by atoms with Gasteiger partial charge >= 0.3 is 5.97 Å². The Bertz CT molecular complexity index is 1300. The number of rotatable bonds is 8. The highest BCUT2D eigenvalue weighted by molar-refractivity contribution is 6.09. The molecule has 4 N–H and O–H groups in total. The number of ether oxygens (including phenoxy) is 1. The second kappa shape index (κ2) is 11.4. The van der Waals surface area contributed by atoms with Crippen LogP contribution >= 0.6 is 0 Å². The Morgan fingerprint density at radius 2 is 1.31 bits per heavy atom. The summed E-state index contributed by atoms with van der Waals surface area (Å²) in [5, 5.41) is 39.4. The monoisotopic (exact) mass is 472 g/mol. The van der Waals surface area contributed by atoms with Crippen molar-refractivity contribution in [2.75, 3.05) is 0 Å². The second-order valence-electron chi connectivity index (χ2n) is 7.61. The zero-order chi connectivity index (χ0) is 25.4. The first-order chi connectivity index (χ1) is 16.7. The van der Waals surface area contributed by atoms with E-state index >= 15 is 0 Å². The van der Waals surface area contributed by atoms with Gasteiger partial charge in [-0.25, -0.2) is 4.79 Å². The second-order valence-corrected chi connectivity index (χ2v) is 7.61. The van der Waals surface area contributed by atoms with Crippen LogP contribution in [0.4, 0.5) is 0 Å². The fourth-order valence-corrected chi connectivity index (χ4v) is 3.10. The van der Waals surface area contributed by atoms with Gasteiger partial charge in [-0.05, 0) is 72.7 Å². The summed E-state index contributed by atoms with van der Waals surface area (Å²) in [6, 6.07) is 15.2. The summed E-state index contributed by atoms with van der Waals surface area (Å²) in [4.78, 5) is 24.6. The maximum Gasteiger partial charge on any atom is 0.335 e. The third kappa shape index (κ3) is 7.10. The highest BCUT2D eigenvalue weighted by Crippen LogP contribution is 2.32. The third-order valence-corrected chi connectivity index (χ3v) is 5.00. The SMILES string of the molecule is CC(=CCc1c(O)ccc(C(=O)C=Cc2ccc(O)cc2)c1O)OC(=O)C=Cc1ccc(O)cc1. The van der Waals surface area contributed by atoms with E-state index in [0.717, 1.165) is 0 Å². The van der Waals surface area contributed by atoms with Crippen LogP contribution in [0.5, 0.6) is 23.0 Å². The largest absolute Gasteiger partial charge is 0.508 e. The summed E-state index contributed by atoms with van der Waals surface area (Å²) in [6.45, 7) is 1.55. The standard InChI is InChI=1S/C28H24O7/c1-18(35-27(33)17-8-20-5-11-22(30)12-6-20)2-13-23-26(32)16-14-24(28(23)34)25(31)15-7-19-3-9-21(29)10-4-19/h2-12,14-17,29-30,32,34H,13H2,1H3. The predicted molar refractivity (Wildman–Crippen MR) is 132 cm³/mol. The minimum atomic E-state index is -0.622. The molecular weight excluding hydrogens is 448 g/mol. The Labute approximate surface area is 202 Å². The quantitative estimate of drug-likeness (QED) is 0.155. The molecule has 3 aromatic rings. The van der Waals surface area contributed by atoms with E-state index in [1.807, 2.05) is 0 Å². The lowest BCUT2D eigenvalue weighted by Gasteiger charge is -2.09. The fourth-order valence-electron chi connectivity index (χ4n) is 3.10. The minimum Gasteiger partial charge on any atom is -0.508 e. The van der Waals surface area contributed by atoms with Gasteiger partial charge in [0.25, 0.3) is 0 Å². The van der Waals surface area contributed by atoms with Gasteiger partial charge in [-0.15, -0.1) is 0 Å². The normalized spacial score (nSPS) is 11.7. The third-order valence-electron chi connectivity index (χ3n) is 5.00. The summed E-state index contributed by atoms with van der Waals surface area (Å²) < 4.78 is 5.20. The number of allylic oxidation sites excluding steroid dienone is 3. The van der Waals surface area contributed by atoms with Gasteiger partial charge < -0.3 is 25.2 Å². The van der Waals surface area contributed by atoms with E-state index in [-0.39, 0.29) is 46.3 Å². The van der Waals surface area contributed by atoms with Crippen LogP contribution in [-0.4, -0.2) is 32.2 Å². The molecule has 0 aliphatic rings. The van der Waals surface area contributed by atoms with Crippen LogP contribution in [0.3, 0.4) is 0 Å². The Morgan fingerprint density at radius 3 is 1.89 bits per heavy atom. The topological polar surface area (TPSA) is 124 Å². The smallest absolute Gasteiger partial charge is 0.335 e. The van der Waals surface area contributed by atoms with Crippen molar-refractivity contribution in [1.82, 2.24) is 0 Å². The first-order valence-electron chi connectivity index (χ1n) is 10.6. The molecule has 7 nitrogen and oxygen atoms in total. The van der Waals surface area contributed by atoms with Gasteiger partial charge in [0.05, 0.1) is 5.56 Å². The molecule has 0 aliphatic heterocycles. The van der Waals surface area contributed by atoms with Crippen molar-refractivity contribution in [3.63, 3.8) is 0 Å². The number of hydrogen-bond acceptors (Lipinski definition) is 7. The number of carbonyl (C=O) groups excluding carboxylic acids is 2. The number of aromatic hydroxyl groups is 4. The van der Waals surface area contributed by atoms with E-state index in [2.05, 4.69) is 0 Å². The molecular formula is C28H24O7. The molecule has 0 amide bonds. The number of esters is 1. The van der Waals surface area contributed by atoms with Gasteiger partial charge in [-0.1, -0.05) is 30.3 Å². The van der Waals surface area contributed by atoms with Gasteiger partial charge in [0.15, 0.2) is 5.78 Å². The maximum atomic E-state index is 12.6. The molecule has 0 fully saturated rings. The van der Waals surface area contributed by atoms with Crippen LogP contribution in [0, 0.1) is 0 Å². The first kappa shape index (κ1) is 24.9. The maximum absolute atomic E-state index is 12.6. The van der Waals surface area contributed by atoms with Gasteiger partial charge in [-0.2, -0.15) is 0 Å². The van der Waals surface area contributed by atoms with Crippen molar-refractivity contribution in [2.24, 2.45) is 0 Å². The van der Waals surface area contributed by atoms with E-state index in [4.69, 9.17) is 4.74 Å². The minimum absolute atomic E-state index is 0.00714. The van der Waals surface area contributed by atoms with E-state index < -0.39 is 11.8 Å². The van der Waals surface area contributed by atoms with Gasteiger partial charge in [0.2, 0.25) is 0 Å². The molecule has 0 atom stereocenters. The van der Waals surface area contributed by atoms with Gasteiger partial charge in [0, 0.05) is 18.1 Å². The molecule has 178 valence electrons. The molecule has 0 saturated heterocycles. The molecule has 3 rings (SSSR count). The van der Waals surface area contributed by atoms with Crippen LogP contribution in [0.15, 0.2) is 84.7 Å². The molecule has 0 bridgehead atoms. The number of hydrogen-bond donors (Lipinski definition) is 4. The Balaban J connectivity index is 1.67. The molecule has 3 aromatic carbocycles. The summed E-state index contributed by atoms with van der Waals surface area (Å²) in [5.41, 5.74) is 1.52. The lowest BCUT2D eigenvalue weighted by Crippen LogP contribution is -2.00. The number of phenolic OH excluding ortho intramolecular Hbond substituents is 4. The summed E-state index contributed by atoms with van der Waals surface area (Å²) >= 11 is 0. The molecule has 7 heteroatoms. The highest BCUT2D eigenvalue weighted by atomic mass is 16.5. The first-order valence-corrected chi connectivity index (χ1v) is 10.6. The van der Waals surface area contributed by atoms with Crippen LogP contribution in [0.2, 0.25) is 0 Å². The lowest BCUT2D eigenvalue weighted by molar-refractivity contribution is -0.133. The molecule has 0 unspecified atom stereocenters. The summed E-state index contributed by atoms with van der Waals surface area (Å²) in [6.07, 6.45) is 7.11. The molecule has 0 radical (unpaired) electrons. The molecule has 0 aromatic heterocycles. The van der Waals surface area contributed by atoms with Crippen LogP contribution in [0.1, 0.15) is 34.0 Å². The van der Waals surface area contributed by atoms with Crippen molar-refractivity contribution < 1.29 is 34.8 Å². The Hall–Kier alpha value is -4.78. The molecule has 0 aliphatic carbocycles. The summed E-state index contributed by atoms with van der Waals surface area (Å²) in [7, 11) is 0. The summed E-state index contributed by atoms with van der Waals surface area (Å²) in [5.74, 6) is -1.19. The Kier molecular flexibility index (Phi) is 8.08. The predicted octanol–water partition coefficient (Wildman–Crippen LogP) is 5.11. The van der Waals surface area contributed by atoms with Crippen molar-refractivity contribution in [2.45, 2.75) is 13.3 Å². The molecule has 0 spiro atoms. The van der Waals surface area contributed by atoms with Crippen molar-refractivity contribution in [1.29, 1.82) is 0 Å². The molecule has 35 heavy (non-hydrogen) atoms. The average Bonchev–Trinajstić information content (AvgIpc) is 2.83. The van der Waals surface area contributed by atoms with Crippen LogP contribution in [0.25, 0.3) is 12.2 Å². The van der Waals surface area contributed by atoms with E-state index in [1.54, 1.807) is 37.3 Å². The zero-order valence-corrected chi connectivity index (χ0v) is 18.9. The van der Waals surface area contributed by atoms with E-state index in [0.29, 0.717) is 11.1 Å². The average molecular weight is 472 g/mol. The van der Waals surface area contributed by atoms with Crippen molar-refractivity contribution in [3.8, 4) is 23.0 Å². The van der Waals surface area contributed by atoms with Crippen molar-refractivity contribution in [3.05, 3.63) is 107 Å². The lowest BCUT2D eigenvalue weighted by atomic mass is 10.0. The van der Waals surface area contributed by atoms with Gasteiger partial charge in [-0.3, -0.25) is 4.79 Å². The van der Waals surface area contributed by atoms with Crippen molar-refractivity contribution >= 4 is 23.9 Å². The molecule has 0 saturated carbocycles. The number of carbonyl (C=O) groups is 2. The number of ketones is 1. The van der Waals surface area contributed by atoms with Crippen LogP contribution in [-0.2, 0) is 16.0 Å².